The van der Waals surface area contributed by atoms with Crippen molar-refractivity contribution in [2.75, 3.05) is 24.5 Å². The summed E-state index contributed by atoms with van der Waals surface area (Å²) in [4.78, 5) is 10.8. The summed E-state index contributed by atoms with van der Waals surface area (Å²) in [6.07, 6.45) is 4.70. The molecular formula is C19H30FIN8. The number of guanidine groups is 1. The third-order valence-corrected chi connectivity index (χ3v) is 4.95. The zero-order valence-electron chi connectivity index (χ0n) is 17.2. The largest absolute Gasteiger partial charge is 0.356 e. The Bertz CT molecular complexity index is 809. The molecule has 2 aromatic heterocycles. The standard InChI is InChI=1S/C19H29FN8.HI/c1-4-5-9-22-19(23-12-17-26-25-14(2)27(17)3)24-15-8-11-28(13-15)18-16(20)7-6-10-21-18;/h6-7,10,15H,4-5,8-9,11-13H2,1-3H3,(H2,22,23,24);1H. The molecule has 3 heterocycles. The molecule has 1 fully saturated rings. The first-order chi connectivity index (χ1) is 13.6. The summed E-state index contributed by atoms with van der Waals surface area (Å²) < 4.78 is 15.9. The van der Waals surface area contributed by atoms with Crippen LogP contribution in [-0.2, 0) is 13.6 Å². The summed E-state index contributed by atoms with van der Waals surface area (Å²) in [7, 11) is 1.94. The van der Waals surface area contributed by atoms with Gasteiger partial charge in [-0.3, -0.25) is 0 Å². The fraction of sp³-hybridized carbons (Fsp3) is 0.579. The Labute approximate surface area is 188 Å². The van der Waals surface area contributed by atoms with Gasteiger partial charge in [0, 0.05) is 38.9 Å². The lowest BCUT2D eigenvalue weighted by molar-refractivity contribution is 0.611. The van der Waals surface area contributed by atoms with Gasteiger partial charge in [0.25, 0.3) is 0 Å². The van der Waals surface area contributed by atoms with Gasteiger partial charge in [-0.05, 0) is 31.9 Å². The van der Waals surface area contributed by atoms with Gasteiger partial charge in [0.2, 0.25) is 0 Å². The summed E-state index contributed by atoms with van der Waals surface area (Å²) in [5.41, 5.74) is 0. The molecule has 1 aliphatic heterocycles. The molecule has 0 spiro atoms. The van der Waals surface area contributed by atoms with Crippen molar-refractivity contribution in [1.29, 1.82) is 0 Å². The van der Waals surface area contributed by atoms with Gasteiger partial charge < -0.3 is 20.1 Å². The van der Waals surface area contributed by atoms with E-state index >= 15 is 0 Å². The molecule has 0 aromatic carbocycles. The fourth-order valence-corrected chi connectivity index (χ4v) is 3.15. The fourth-order valence-electron chi connectivity index (χ4n) is 3.15. The molecule has 0 radical (unpaired) electrons. The molecule has 0 saturated carbocycles. The molecule has 1 aliphatic rings. The smallest absolute Gasteiger partial charge is 0.191 e. The van der Waals surface area contributed by atoms with Crippen LogP contribution in [-0.4, -0.2) is 51.4 Å². The molecule has 0 amide bonds. The van der Waals surface area contributed by atoms with Crippen molar-refractivity contribution in [2.45, 2.75) is 45.7 Å². The molecule has 1 atom stereocenters. The first-order valence-corrected chi connectivity index (χ1v) is 9.83. The molecule has 1 unspecified atom stereocenters. The van der Waals surface area contributed by atoms with Crippen LogP contribution < -0.4 is 15.5 Å². The van der Waals surface area contributed by atoms with Crippen molar-refractivity contribution < 1.29 is 4.39 Å². The zero-order chi connectivity index (χ0) is 19.9. The number of aliphatic imine (C=N–C) groups is 1. The lowest BCUT2D eigenvalue weighted by Gasteiger charge is -2.20. The lowest BCUT2D eigenvalue weighted by Crippen LogP contribution is -2.45. The van der Waals surface area contributed by atoms with Crippen LogP contribution in [0.25, 0.3) is 0 Å². The average Bonchev–Trinajstić information content (AvgIpc) is 3.28. The maximum Gasteiger partial charge on any atom is 0.191 e. The van der Waals surface area contributed by atoms with Crippen LogP contribution in [0.1, 0.15) is 37.8 Å². The number of hydrogen-bond acceptors (Lipinski definition) is 5. The number of hydrogen-bond donors (Lipinski definition) is 2. The number of aryl methyl sites for hydroxylation is 1. The number of unbranched alkanes of at least 4 members (excludes halogenated alkanes) is 1. The number of halogens is 2. The van der Waals surface area contributed by atoms with E-state index in [1.165, 1.54) is 6.07 Å². The second kappa shape index (κ2) is 11.3. The van der Waals surface area contributed by atoms with Gasteiger partial charge in [-0.2, -0.15) is 0 Å². The Kier molecular flexibility index (Phi) is 9.05. The average molecular weight is 516 g/mol. The number of nitrogens with one attached hydrogen (secondary N) is 2. The number of anilines is 1. The number of rotatable bonds is 7. The van der Waals surface area contributed by atoms with E-state index in [4.69, 9.17) is 0 Å². The highest BCUT2D eigenvalue weighted by atomic mass is 127. The van der Waals surface area contributed by atoms with Crippen LogP contribution in [0.5, 0.6) is 0 Å². The number of aromatic nitrogens is 4. The summed E-state index contributed by atoms with van der Waals surface area (Å²) in [5, 5.41) is 15.1. The number of nitrogens with zero attached hydrogens (tertiary/aromatic N) is 6. The topological polar surface area (TPSA) is 83.3 Å². The van der Waals surface area contributed by atoms with Gasteiger partial charge in [-0.25, -0.2) is 14.4 Å². The Morgan fingerprint density at radius 3 is 2.90 bits per heavy atom. The van der Waals surface area contributed by atoms with Crippen LogP contribution in [0, 0.1) is 12.7 Å². The highest BCUT2D eigenvalue weighted by Crippen LogP contribution is 2.20. The van der Waals surface area contributed by atoms with E-state index in [-0.39, 0.29) is 35.8 Å². The SMILES string of the molecule is CCCCNC(=NCc1nnc(C)n1C)NC1CCN(c2ncccc2F)C1.I. The lowest BCUT2D eigenvalue weighted by atomic mass is 10.3. The molecule has 160 valence electrons. The first-order valence-electron chi connectivity index (χ1n) is 9.83. The van der Waals surface area contributed by atoms with Crippen molar-refractivity contribution >= 4 is 35.8 Å². The Balaban J connectivity index is 0.00000300. The summed E-state index contributed by atoms with van der Waals surface area (Å²) in [6.45, 7) is 6.82. The minimum atomic E-state index is -0.282. The van der Waals surface area contributed by atoms with E-state index < -0.39 is 0 Å². The monoisotopic (exact) mass is 516 g/mol. The van der Waals surface area contributed by atoms with Crippen LogP contribution in [0.15, 0.2) is 23.3 Å². The second-order valence-electron chi connectivity index (χ2n) is 7.05. The van der Waals surface area contributed by atoms with Crippen molar-refractivity contribution in [2.24, 2.45) is 12.0 Å². The van der Waals surface area contributed by atoms with E-state index in [1.807, 2.05) is 23.4 Å². The van der Waals surface area contributed by atoms with Crippen molar-refractivity contribution in [3.8, 4) is 0 Å². The molecular weight excluding hydrogens is 486 g/mol. The van der Waals surface area contributed by atoms with E-state index in [9.17, 15) is 4.39 Å². The first kappa shape index (κ1) is 23.3. The van der Waals surface area contributed by atoms with Gasteiger partial charge in [0.05, 0.1) is 0 Å². The van der Waals surface area contributed by atoms with Crippen LogP contribution in [0.2, 0.25) is 0 Å². The Morgan fingerprint density at radius 1 is 1.38 bits per heavy atom. The third-order valence-electron chi connectivity index (χ3n) is 4.95. The van der Waals surface area contributed by atoms with Crippen LogP contribution >= 0.6 is 24.0 Å². The van der Waals surface area contributed by atoms with Crippen LogP contribution in [0.4, 0.5) is 10.2 Å². The maximum atomic E-state index is 14.0. The van der Waals surface area contributed by atoms with Crippen molar-refractivity contribution in [1.82, 2.24) is 30.4 Å². The second-order valence-corrected chi connectivity index (χ2v) is 7.05. The Morgan fingerprint density at radius 2 is 2.21 bits per heavy atom. The normalized spacial score (nSPS) is 16.6. The molecule has 29 heavy (non-hydrogen) atoms. The molecule has 1 saturated heterocycles. The molecule has 10 heteroatoms. The van der Waals surface area contributed by atoms with E-state index in [0.29, 0.717) is 18.9 Å². The highest BCUT2D eigenvalue weighted by Gasteiger charge is 2.26. The predicted octanol–water partition coefficient (Wildman–Crippen LogP) is 2.39. The molecule has 0 bridgehead atoms. The van der Waals surface area contributed by atoms with Crippen molar-refractivity contribution in [3.05, 3.63) is 35.8 Å². The predicted molar refractivity (Wildman–Crippen MR) is 123 cm³/mol. The number of pyridine rings is 1. The van der Waals surface area contributed by atoms with Crippen molar-refractivity contribution in [3.63, 3.8) is 0 Å². The molecule has 0 aliphatic carbocycles. The zero-order valence-corrected chi connectivity index (χ0v) is 19.6. The van der Waals surface area contributed by atoms with Gasteiger partial charge >= 0.3 is 0 Å². The highest BCUT2D eigenvalue weighted by molar-refractivity contribution is 14.0. The summed E-state index contributed by atoms with van der Waals surface area (Å²) >= 11 is 0. The molecule has 3 rings (SSSR count). The quantitative estimate of drug-likeness (QED) is 0.255. The van der Waals surface area contributed by atoms with E-state index in [0.717, 1.165) is 50.0 Å². The molecule has 2 aromatic rings. The minimum Gasteiger partial charge on any atom is -0.356 e. The van der Waals surface area contributed by atoms with Gasteiger partial charge in [-0.15, -0.1) is 34.2 Å². The summed E-state index contributed by atoms with van der Waals surface area (Å²) in [5.74, 6) is 2.57. The van der Waals surface area contributed by atoms with Gasteiger partial charge in [0.15, 0.2) is 23.4 Å². The third kappa shape index (κ3) is 6.25. The minimum absolute atomic E-state index is 0. The van der Waals surface area contributed by atoms with Gasteiger partial charge in [0.1, 0.15) is 12.4 Å². The maximum absolute atomic E-state index is 14.0. The molecule has 8 nitrogen and oxygen atoms in total. The summed E-state index contributed by atoms with van der Waals surface area (Å²) in [6, 6.07) is 3.24. The Hall–Kier alpha value is -1.98. The van der Waals surface area contributed by atoms with E-state index in [1.54, 1.807) is 12.3 Å². The van der Waals surface area contributed by atoms with Gasteiger partial charge in [-0.1, -0.05) is 13.3 Å². The molecule has 2 N–H and O–H groups in total. The van der Waals surface area contributed by atoms with Crippen LogP contribution in [0.3, 0.4) is 0 Å². The van der Waals surface area contributed by atoms with E-state index in [2.05, 4.69) is 37.7 Å².